The van der Waals surface area contributed by atoms with Crippen molar-refractivity contribution < 1.29 is 9.53 Å². The second kappa shape index (κ2) is 9.91. The van der Waals surface area contributed by atoms with E-state index in [-0.39, 0.29) is 30.6 Å². The minimum Gasteiger partial charge on any atom is -0.375 e. The van der Waals surface area contributed by atoms with Crippen molar-refractivity contribution >= 4 is 46.2 Å². The normalized spacial score (nSPS) is 18.0. The van der Waals surface area contributed by atoms with Crippen LogP contribution in [0.3, 0.4) is 0 Å². The number of benzene rings is 1. The number of anilines is 2. The van der Waals surface area contributed by atoms with E-state index in [1.807, 2.05) is 36.4 Å². The van der Waals surface area contributed by atoms with Gasteiger partial charge in [-0.3, -0.25) is 9.78 Å². The molecule has 0 radical (unpaired) electrons. The predicted molar refractivity (Wildman–Crippen MR) is 135 cm³/mol. The van der Waals surface area contributed by atoms with Crippen LogP contribution in [0, 0.1) is 0 Å². The Morgan fingerprint density at radius 1 is 1.27 bits per heavy atom. The Morgan fingerprint density at radius 2 is 2.09 bits per heavy atom. The summed E-state index contributed by atoms with van der Waals surface area (Å²) in [6, 6.07) is 15.5. The molecular formula is C24H26ClN5O2S. The highest BCUT2D eigenvalue weighted by molar-refractivity contribution is 7.80. The van der Waals surface area contributed by atoms with Crippen LogP contribution in [0.25, 0.3) is 0 Å². The van der Waals surface area contributed by atoms with Crippen LogP contribution in [0.1, 0.15) is 43.4 Å². The van der Waals surface area contributed by atoms with Gasteiger partial charge in [0.25, 0.3) is 0 Å². The number of hydrogen-bond acceptors (Lipinski definition) is 4. The van der Waals surface area contributed by atoms with Gasteiger partial charge >= 0.3 is 0 Å². The first kappa shape index (κ1) is 23.2. The molecule has 0 bridgehead atoms. The Morgan fingerprint density at radius 3 is 2.76 bits per heavy atom. The monoisotopic (exact) mass is 483 g/mol. The van der Waals surface area contributed by atoms with Crippen LogP contribution < -0.4 is 15.5 Å². The molecule has 0 spiro atoms. The zero-order valence-electron chi connectivity index (χ0n) is 18.7. The van der Waals surface area contributed by atoms with Gasteiger partial charge < -0.3 is 24.8 Å². The van der Waals surface area contributed by atoms with Crippen molar-refractivity contribution in [2.75, 3.05) is 23.9 Å². The summed E-state index contributed by atoms with van der Waals surface area (Å²) in [4.78, 5) is 18.6. The van der Waals surface area contributed by atoms with Crippen LogP contribution in [-0.2, 0) is 9.53 Å². The molecule has 0 saturated carbocycles. The molecule has 33 heavy (non-hydrogen) atoms. The van der Waals surface area contributed by atoms with Gasteiger partial charge in [0, 0.05) is 36.9 Å². The van der Waals surface area contributed by atoms with E-state index in [1.165, 1.54) is 7.11 Å². The number of pyridine rings is 1. The maximum absolute atomic E-state index is 11.9. The molecule has 2 aromatic heterocycles. The number of carbonyl (C=O) groups is 1. The predicted octanol–water partition coefficient (Wildman–Crippen LogP) is 4.88. The second-order valence-corrected chi connectivity index (χ2v) is 8.87. The van der Waals surface area contributed by atoms with Crippen molar-refractivity contribution in [1.82, 2.24) is 14.9 Å². The molecule has 9 heteroatoms. The van der Waals surface area contributed by atoms with E-state index in [4.69, 9.17) is 28.6 Å². The minimum absolute atomic E-state index is 0.0434. The van der Waals surface area contributed by atoms with Gasteiger partial charge in [0.05, 0.1) is 22.4 Å². The standard InChI is InChI=1S/C24H26ClN5O2S/c1-15(2)29-12-6-8-20(29)23-22(19-7-4-5-11-26-19)28-24(33)30(23)16-9-10-18(17(25)13-16)27-21(31)14-32-3/h4-13,15,22-23H,14H2,1-3H3,(H,27,31)(H,28,33)/t22-,23-/m0/s1. The summed E-state index contributed by atoms with van der Waals surface area (Å²) in [7, 11) is 1.47. The number of thiocarbonyl (C=S) groups is 1. The molecule has 0 unspecified atom stereocenters. The molecule has 0 aliphatic carbocycles. The molecule has 1 amide bonds. The number of methoxy groups -OCH3 is 1. The van der Waals surface area contributed by atoms with E-state index in [2.05, 4.69) is 51.2 Å². The molecule has 7 nitrogen and oxygen atoms in total. The molecule has 1 aromatic carbocycles. The van der Waals surface area contributed by atoms with Gasteiger partial charge in [0.2, 0.25) is 5.91 Å². The third-order valence-corrected chi connectivity index (χ3v) is 6.18. The summed E-state index contributed by atoms with van der Waals surface area (Å²) in [5.74, 6) is -0.270. The Hall–Kier alpha value is -2.94. The summed E-state index contributed by atoms with van der Waals surface area (Å²) < 4.78 is 7.12. The molecule has 2 N–H and O–H groups in total. The van der Waals surface area contributed by atoms with E-state index in [1.54, 1.807) is 12.3 Å². The smallest absolute Gasteiger partial charge is 0.250 e. The molecule has 2 atom stereocenters. The maximum atomic E-state index is 11.9. The Balaban J connectivity index is 1.76. The highest BCUT2D eigenvalue weighted by Crippen LogP contribution is 2.43. The third-order valence-electron chi connectivity index (χ3n) is 5.55. The Kier molecular flexibility index (Phi) is 6.97. The average Bonchev–Trinajstić information content (AvgIpc) is 3.40. The van der Waals surface area contributed by atoms with Crippen molar-refractivity contribution in [2.45, 2.75) is 32.0 Å². The highest BCUT2D eigenvalue weighted by Gasteiger charge is 2.42. The van der Waals surface area contributed by atoms with E-state index < -0.39 is 0 Å². The highest BCUT2D eigenvalue weighted by atomic mass is 35.5. The van der Waals surface area contributed by atoms with Crippen LogP contribution in [-0.4, -0.2) is 34.3 Å². The zero-order chi connectivity index (χ0) is 23.5. The van der Waals surface area contributed by atoms with Gasteiger partial charge in [0.15, 0.2) is 5.11 Å². The van der Waals surface area contributed by atoms with E-state index in [9.17, 15) is 4.79 Å². The van der Waals surface area contributed by atoms with Crippen molar-refractivity contribution in [2.24, 2.45) is 0 Å². The number of rotatable bonds is 7. The van der Waals surface area contributed by atoms with E-state index in [0.717, 1.165) is 17.1 Å². The van der Waals surface area contributed by atoms with Gasteiger partial charge in [-0.2, -0.15) is 0 Å². The second-order valence-electron chi connectivity index (χ2n) is 8.08. The molecular weight excluding hydrogens is 458 g/mol. The molecule has 3 aromatic rings. The van der Waals surface area contributed by atoms with Gasteiger partial charge in [-0.25, -0.2) is 0 Å². The number of ether oxygens (including phenoxy) is 1. The largest absolute Gasteiger partial charge is 0.375 e. The lowest BCUT2D eigenvalue weighted by atomic mass is 10.0. The number of hydrogen-bond donors (Lipinski definition) is 2. The number of halogens is 1. The summed E-state index contributed by atoms with van der Waals surface area (Å²) >= 11 is 12.3. The van der Waals surface area contributed by atoms with Crippen molar-refractivity contribution in [3.63, 3.8) is 0 Å². The average molecular weight is 484 g/mol. The van der Waals surface area contributed by atoms with Crippen LogP contribution in [0.5, 0.6) is 0 Å². The summed E-state index contributed by atoms with van der Waals surface area (Å²) in [6.45, 7) is 4.26. The summed E-state index contributed by atoms with van der Waals surface area (Å²) in [6.07, 6.45) is 3.87. The molecule has 3 heterocycles. The lowest BCUT2D eigenvalue weighted by Gasteiger charge is -2.30. The molecule has 1 saturated heterocycles. The van der Waals surface area contributed by atoms with Crippen molar-refractivity contribution in [3.8, 4) is 0 Å². The molecule has 1 fully saturated rings. The van der Waals surface area contributed by atoms with Crippen LogP contribution in [0.15, 0.2) is 60.9 Å². The van der Waals surface area contributed by atoms with Crippen LogP contribution >= 0.6 is 23.8 Å². The first-order chi connectivity index (χ1) is 15.9. The number of nitrogens with zero attached hydrogens (tertiary/aromatic N) is 3. The number of nitrogens with one attached hydrogen (secondary N) is 2. The van der Waals surface area contributed by atoms with Crippen molar-refractivity contribution in [1.29, 1.82) is 0 Å². The number of carbonyl (C=O) groups excluding carboxylic acids is 1. The van der Waals surface area contributed by atoms with Crippen LogP contribution in [0.2, 0.25) is 5.02 Å². The minimum atomic E-state index is -0.270. The quantitative estimate of drug-likeness (QED) is 0.467. The van der Waals surface area contributed by atoms with Gasteiger partial charge in [-0.05, 0) is 68.5 Å². The topological polar surface area (TPSA) is 71.4 Å². The van der Waals surface area contributed by atoms with E-state index in [0.29, 0.717) is 15.8 Å². The fraction of sp³-hybridized carbons (Fsp3) is 0.292. The summed E-state index contributed by atoms with van der Waals surface area (Å²) in [5.41, 5.74) is 3.35. The maximum Gasteiger partial charge on any atom is 0.250 e. The molecule has 172 valence electrons. The van der Waals surface area contributed by atoms with Gasteiger partial charge in [-0.1, -0.05) is 17.7 Å². The Bertz CT molecular complexity index is 1150. The zero-order valence-corrected chi connectivity index (χ0v) is 20.2. The van der Waals surface area contributed by atoms with Crippen LogP contribution in [0.4, 0.5) is 11.4 Å². The lowest BCUT2D eigenvalue weighted by Crippen LogP contribution is -2.30. The first-order valence-corrected chi connectivity index (χ1v) is 11.4. The first-order valence-electron chi connectivity index (χ1n) is 10.7. The summed E-state index contributed by atoms with van der Waals surface area (Å²) in [5, 5.41) is 7.22. The Labute approximate surface area is 203 Å². The van der Waals surface area contributed by atoms with Gasteiger partial charge in [0.1, 0.15) is 12.6 Å². The third kappa shape index (κ3) is 4.73. The molecule has 1 aliphatic rings. The fourth-order valence-electron chi connectivity index (χ4n) is 4.13. The molecule has 4 rings (SSSR count). The fourth-order valence-corrected chi connectivity index (χ4v) is 4.70. The number of amides is 1. The lowest BCUT2D eigenvalue weighted by molar-refractivity contribution is -0.119. The van der Waals surface area contributed by atoms with Crippen molar-refractivity contribution in [3.05, 3.63) is 77.3 Å². The van der Waals surface area contributed by atoms with E-state index >= 15 is 0 Å². The molecule has 1 aliphatic heterocycles. The SMILES string of the molecule is COCC(=O)Nc1ccc(N2C(=S)N[C@@H](c3ccccn3)[C@@H]2c2cccn2C(C)C)cc1Cl. The number of aromatic nitrogens is 2. The van der Waals surface area contributed by atoms with Gasteiger partial charge in [-0.15, -0.1) is 0 Å².